The third-order valence-electron chi connectivity index (χ3n) is 3.24. The molecule has 7 nitrogen and oxygen atoms in total. The van der Waals surface area contributed by atoms with Crippen molar-refractivity contribution in [3.8, 4) is 0 Å². The molecule has 20 heavy (non-hydrogen) atoms. The van der Waals surface area contributed by atoms with Crippen molar-refractivity contribution in [3.05, 3.63) is 17.5 Å². The molecule has 0 unspecified atom stereocenters. The summed E-state index contributed by atoms with van der Waals surface area (Å²) in [5, 5.41) is 12.2. The number of carboxylic acids is 1. The summed E-state index contributed by atoms with van der Waals surface area (Å²) in [6.07, 6.45) is 1.45. The van der Waals surface area contributed by atoms with E-state index in [1.54, 1.807) is 17.9 Å². The van der Waals surface area contributed by atoms with Crippen LogP contribution in [0.2, 0.25) is 0 Å². The van der Waals surface area contributed by atoms with Gasteiger partial charge in [-0.1, -0.05) is 5.16 Å². The fraction of sp³-hybridized carbons (Fsp3) is 0.615. The lowest BCUT2D eigenvalue weighted by atomic mass is 10.1. The summed E-state index contributed by atoms with van der Waals surface area (Å²) in [5.74, 6) is -0.763. The molecule has 1 fully saturated rings. The largest absolute Gasteiger partial charge is 0.481 e. The summed E-state index contributed by atoms with van der Waals surface area (Å²) in [6, 6.07) is 1.62. The van der Waals surface area contributed by atoms with Crippen LogP contribution in [0.3, 0.4) is 0 Å². The molecule has 0 spiro atoms. The van der Waals surface area contributed by atoms with E-state index in [-0.39, 0.29) is 30.8 Å². The average molecular weight is 282 g/mol. The number of carboxylic acid groups (broad SMARTS) is 1. The van der Waals surface area contributed by atoms with E-state index >= 15 is 0 Å². The summed E-state index contributed by atoms with van der Waals surface area (Å²) in [4.78, 5) is 24.2. The van der Waals surface area contributed by atoms with E-state index in [9.17, 15) is 9.59 Å². The molecule has 1 amide bonds. The van der Waals surface area contributed by atoms with Crippen LogP contribution in [0.15, 0.2) is 10.6 Å². The molecule has 1 aliphatic heterocycles. The van der Waals surface area contributed by atoms with Gasteiger partial charge in [0, 0.05) is 19.2 Å². The van der Waals surface area contributed by atoms with E-state index in [2.05, 4.69) is 5.16 Å². The first-order chi connectivity index (χ1) is 9.56. The summed E-state index contributed by atoms with van der Waals surface area (Å²) in [7, 11) is 0. The molecule has 1 aromatic rings. The molecule has 1 aliphatic rings. The van der Waals surface area contributed by atoms with Crippen molar-refractivity contribution in [2.24, 2.45) is 0 Å². The Bertz CT molecular complexity index is 477. The van der Waals surface area contributed by atoms with Crippen molar-refractivity contribution in [3.63, 3.8) is 0 Å². The van der Waals surface area contributed by atoms with Crippen LogP contribution in [0.25, 0.3) is 0 Å². The number of amides is 1. The van der Waals surface area contributed by atoms with Gasteiger partial charge in [-0.15, -0.1) is 0 Å². The van der Waals surface area contributed by atoms with Gasteiger partial charge in [0.25, 0.3) is 5.91 Å². The predicted octanol–water partition coefficient (Wildman–Crippen LogP) is 1.08. The number of aromatic nitrogens is 1. The van der Waals surface area contributed by atoms with Crippen LogP contribution in [0.4, 0.5) is 0 Å². The number of carbonyl (C=O) groups excluding carboxylic acids is 1. The Morgan fingerprint density at radius 1 is 1.50 bits per heavy atom. The average Bonchev–Trinajstić information content (AvgIpc) is 2.85. The van der Waals surface area contributed by atoms with E-state index < -0.39 is 5.97 Å². The Morgan fingerprint density at radius 2 is 2.20 bits per heavy atom. The van der Waals surface area contributed by atoms with Gasteiger partial charge in [-0.25, -0.2) is 0 Å². The molecule has 1 aromatic heterocycles. The van der Waals surface area contributed by atoms with Crippen molar-refractivity contribution < 1.29 is 24.0 Å². The number of piperidine rings is 1. The smallest absolute Gasteiger partial charge is 0.305 e. The van der Waals surface area contributed by atoms with Gasteiger partial charge in [-0.3, -0.25) is 9.59 Å². The molecule has 1 saturated heterocycles. The van der Waals surface area contributed by atoms with Gasteiger partial charge in [-0.2, -0.15) is 0 Å². The van der Waals surface area contributed by atoms with Gasteiger partial charge in [0.15, 0.2) is 0 Å². The van der Waals surface area contributed by atoms with Crippen molar-refractivity contribution >= 4 is 11.9 Å². The van der Waals surface area contributed by atoms with Crippen LogP contribution in [0, 0.1) is 6.92 Å². The number of nitrogens with zero attached hydrogens (tertiary/aromatic N) is 2. The number of rotatable bonds is 5. The van der Waals surface area contributed by atoms with Crippen molar-refractivity contribution in [2.75, 3.05) is 19.7 Å². The zero-order valence-corrected chi connectivity index (χ0v) is 11.4. The minimum Gasteiger partial charge on any atom is -0.481 e. The molecule has 110 valence electrons. The Kier molecular flexibility index (Phi) is 4.73. The number of aryl methyl sites for hydroxylation is 1. The topological polar surface area (TPSA) is 92.9 Å². The number of aliphatic carboxylic acids is 1. The Morgan fingerprint density at radius 3 is 2.75 bits per heavy atom. The highest BCUT2D eigenvalue weighted by Crippen LogP contribution is 2.17. The van der Waals surface area contributed by atoms with Crippen molar-refractivity contribution in [1.29, 1.82) is 0 Å². The lowest BCUT2D eigenvalue weighted by Gasteiger charge is -2.31. The van der Waals surface area contributed by atoms with E-state index in [1.807, 2.05) is 0 Å². The van der Waals surface area contributed by atoms with Crippen LogP contribution < -0.4 is 0 Å². The standard InChI is InChI=1S/C13H18N2O5/c1-9-8-11(20-14-9)13(18)15-5-2-10(3-6-15)19-7-4-12(16)17/h8,10H,2-7H2,1H3,(H,16,17). The fourth-order valence-corrected chi connectivity index (χ4v) is 2.16. The highest BCUT2D eigenvalue weighted by atomic mass is 16.5. The monoisotopic (exact) mass is 282 g/mol. The molecule has 7 heteroatoms. The molecular weight excluding hydrogens is 264 g/mol. The quantitative estimate of drug-likeness (QED) is 0.868. The second-order valence-corrected chi connectivity index (χ2v) is 4.84. The Balaban J connectivity index is 1.76. The fourth-order valence-electron chi connectivity index (χ4n) is 2.16. The van der Waals surface area contributed by atoms with Gasteiger partial charge in [0.1, 0.15) is 0 Å². The highest BCUT2D eigenvalue weighted by molar-refractivity contribution is 5.91. The maximum absolute atomic E-state index is 12.1. The van der Waals surface area contributed by atoms with Crippen LogP contribution in [0.5, 0.6) is 0 Å². The van der Waals surface area contributed by atoms with Gasteiger partial charge in [-0.05, 0) is 19.8 Å². The number of ether oxygens (including phenoxy) is 1. The van der Waals surface area contributed by atoms with Gasteiger partial charge in [0.2, 0.25) is 5.76 Å². The zero-order chi connectivity index (χ0) is 14.5. The molecule has 0 atom stereocenters. The summed E-state index contributed by atoms with van der Waals surface area (Å²) >= 11 is 0. The molecule has 0 saturated carbocycles. The normalized spacial score (nSPS) is 16.4. The number of hydrogen-bond donors (Lipinski definition) is 1. The molecule has 0 radical (unpaired) electrons. The maximum atomic E-state index is 12.1. The summed E-state index contributed by atoms with van der Waals surface area (Å²) in [6.45, 7) is 3.14. The van der Waals surface area contributed by atoms with Gasteiger partial charge >= 0.3 is 5.97 Å². The summed E-state index contributed by atoms with van der Waals surface area (Å²) in [5.41, 5.74) is 0.681. The van der Waals surface area contributed by atoms with E-state index in [4.69, 9.17) is 14.4 Å². The maximum Gasteiger partial charge on any atom is 0.305 e. The molecule has 1 N–H and O–H groups in total. The zero-order valence-electron chi connectivity index (χ0n) is 11.4. The van der Waals surface area contributed by atoms with E-state index in [0.717, 1.165) is 0 Å². The lowest BCUT2D eigenvalue weighted by molar-refractivity contribution is -0.138. The molecule has 2 rings (SSSR count). The van der Waals surface area contributed by atoms with E-state index in [1.165, 1.54) is 0 Å². The van der Waals surface area contributed by atoms with Gasteiger partial charge in [0.05, 0.1) is 24.8 Å². The molecule has 0 aliphatic carbocycles. The number of likely N-dealkylation sites (tertiary alicyclic amines) is 1. The van der Waals surface area contributed by atoms with Crippen molar-refractivity contribution in [2.45, 2.75) is 32.3 Å². The Hall–Kier alpha value is -1.89. The highest BCUT2D eigenvalue weighted by Gasteiger charge is 2.26. The molecule has 0 aromatic carbocycles. The van der Waals surface area contributed by atoms with Crippen LogP contribution in [-0.4, -0.2) is 52.8 Å². The van der Waals surface area contributed by atoms with Crippen LogP contribution >= 0.6 is 0 Å². The Labute approximate surface area is 116 Å². The first-order valence-corrected chi connectivity index (χ1v) is 6.62. The van der Waals surface area contributed by atoms with Crippen molar-refractivity contribution in [1.82, 2.24) is 10.1 Å². The summed E-state index contributed by atoms with van der Waals surface area (Å²) < 4.78 is 10.4. The van der Waals surface area contributed by atoms with E-state index in [0.29, 0.717) is 31.6 Å². The third kappa shape index (κ3) is 3.80. The third-order valence-corrected chi connectivity index (χ3v) is 3.24. The lowest BCUT2D eigenvalue weighted by Crippen LogP contribution is -2.40. The molecule has 0 bridgehead atoms. The molecular formula is C13H18N2O5. The molecule has 2 heterocycles. The minimum absolute atomic E-state index is 0.0104. The second kappa shape index (κ2) is 6.51. The first-order valence-electron chi connectivity index (χ1n) is 6.62. The minimum atomic E-state index is -0.863. The van der Waals surface area contributed by atoms with Crippen LogP contribution in [0.1, 0.15) is 35.5 Å². The first kappa shape index (κ1) is 14.5. The number of hydrogen-bond acceptors (Lipinski definition) is 5. The van der Waals surface area contributed by atoms with Gasteiger partial charge < -0.3 is 19.3 Å². The van der Waals surface area contributed by atoms with Crippen LogP contribution in [-0.2, 0) is 9.53 Å². The SMILES string of the molecule is Cc1cc(C(=O)N2CCC(OCCC(=O)O)CC2)on1. The second-order valence-electron chi connectivity index (χ2n) is 4.84. The number of carbonyl (C=O) groups is 2. The predicted molar refractivity (Wildman–Crippen MR) is 68.4 cm³/mol.